The third-order valence-electron chi connectivity index (χ3n) is 2.99. The molecule has 1 unspecified atom stereocenters. The van der Waals surface area contributed by atoms with E-state index in [0.29, 0.717) is 0 Å². The maximum atomic E-state index is 4.66. The summed E-state index contributed by atoms with van der Waals surface area (Å²) in [6.07, 6.45) is 6.69. The molecule has 16 heavy (non-hydrogen) atoms. The Balaban J connectivity index is 1.86. The van der Waals surface area contributed by atoms with E-state index >= 15 is 0 Å². The van der Waals surface area contributed by atoms with E-state index in [0.717, 1.165) is 22.5 Å². The van der Waals surface area contributed by atoms with Crippen LogP contribution in [0, 0.1) is 5.92 Å². The van der Waals surface area contributed by atoms with Gasteiger partial charge >= 0.3 is 0 Å². The first-order valence-corrected chi connectivity index (χ1v) is 7.47. The Kier molecular flexibility index (Phi) is 2.94. The Labute approximate surface area is 108 Å². The zero-order valence-electron chi connectivity index (χ0n) is 8.90. The average Bonchev–Trinajstić information content (AvgIpc) is 2.86. The molecular weight excluding hydrogens is 284 g/mol. The Morgan fingerprint density at radius 1 is 1.56 bits per heavy atom. The summed E-state index contributed by atoms with van der Waals surface area (Å²) in [4.78, 5) is 4.66. The van der Waals surface area contributed by atoms with Crippen LogP contribution >= 0.6 is 27.7 Å². The predicted molar refractivity (Wildman–Crippen MR) is 72.0 cm³/mol. The van der Waals surface area contributed by atoms with Crippen LogP contribution in [-0.4, -0.2) is 20.9 Å². The maximum absolute atomic E-state index is 4.66. The number of fused-ring (bicyclic) bond motifs is 1. The molecule has 0 amide bonds. The number of imidazole rings is 1. The van der Waals surface area contributed by atoms with Crippen molar-refractivity contribution in [1.82, 2.24) is 9.38 Å². The summed E-state index contributed by atoms with van der Waals surface area (Å²) in [6.45, 7) is 0. The molecule has 1 saturated heterocycles. The molecule has 1 fully saturated rings. The zero-order valence-corrected chi connectivity index (χ0v) is 11.3. The average molecular weight is 297 g/mol. The normalized spacial score (nSPS) is 20.7. The largest absolute Gasteiger partial charge is 0.307 e. The fourth-order valence-corrected chi connectivity index (χ4v) is 3.76. The van der Waals surface area contributed by atoms with Crippen LogP contribution in [0.15, 0.2) is 29.0 Å². The summed E-state index contributed by atoms with van der Waals surface area (Å²) in [5.41, 5.74) is 2.26. The van der Waals surface area contributed by atoms with Crippen LogP contribution < -0.4 is 0 Å². The van der Waals surface area contributed by atoms with Crippen LogP contribution in [0.1, 0.15) is 12.1 Å². The van der Waals surface area contributed by atoms with Gasteiger partial charge in [0.05, 0.1) is 5.69 Å². The van der Waals surface area contributed by atoms with Crippen LogP contribution in [0.3, 0.4) is 0 Å². The summed E-state index contributed by atoms with van der Waals surface area (Å²) in [7, 11) is 0. The third-order valence-corrected chi connectivity index (χ3v) is 4.72. The highest BCUT2D eigenvalue weighted by Crippen LogP contribution is 2.26. The van der Waals surface area contributed by atoms with Crippen molar-refractivity contribution in [3.8, 4) is 0 Å². The molecule has 2 nitrogen and oxygen atoms in total. The number of thioether (sulfide) groups is 1. The van der Waals surface area contributed by atoms with Crippen LogP contribution in [0.5, 0.6) is 0 Å². The highest BCUT2D eigenvalue weighted by Gasteiger charge is 2.17. The summed E-state index contributed by atoms with van der Waals surface area (Å²) in [6, 6.07) is 4.11. The molecule has 0 radical (unpaired) electrons. The smallest absolute Gasteiger partial charge is 0.138 e. The minimum atomic E-state index is 0.832. The van der Waals surface area contributed by atoms with Crippen LogP contribution in [0.25, 0.3) is 5.65 Å². The first kappa shape index (κ1) is 10.7. The second kappa shape index (κ2) is 4.41. The van der Waals surface area contributed by atoms with Gasteiger partial charge in [0.25, 0.3) is 0 Å². The molecule has 84 valence electrons. The van der Waals surface area contributed by atoms with Gasteiger partial charge in [-0.05, 0) is 42.4 Å². The summed E-state index contributed by atoms with van der Waals surface area (Å²) in [5, 5.41) is 0. The van der Waals surface area contributed by atoms with Crippen molar-refractivity contribution < 1.29 is 0 Å². The number of rotatable bonds is 2. The molecular formula is C12H13BrN2S. The van der Waals surface area contributed by atoms with Gasteiger partial charge in [0.2, 0.25) is 0 Å². The van der Waals surface area contributed by atoms with Crippen molar-refractivity contribution in [2.75, 3.05) is 11.5 Å². The fourth-order valence-electron chi connectivity index (χ4n) is 2.15. The lowest BCUT2D eigenvalue weighted by Crippen LogP contribution is -2.02. The van der Waals surface area contributed by atoms with Crippen molar-refractivity contribution in [2.45, 2.75) is 12.8 Å². The lowest BCUT2D eigenvalue weighted by atomic mass is 10.0. The van der Waals surface area contributed by atoms with Gasteiger partial charge < -0.3 is 4.40 Å². The van der Waals surface area contributed by atoms with E-state index in [4.69, 9.17) is 0 Å². The molecule has 2 aromatic rings. The monoisotopic (exact) mass is 296 g/mol. The van der Waals surface area contributed by atoms with E-state index in [1.165, 1.54) is 23.6 Å². The molecule has 1 aliphatic heterocycles. The molecule has 0 N–H and O–H groups in total. The van der Waals surface area contributed by atoms with E-state index in [1.807, 2.05) is 6.07 Å². The SMILES string of the molecule is Brc1ccn2cc(CC3CCSC3)nc2c1. The maximum Gasteiger partial charge on any atom is 0.138 e. The number of halogens is 1. The molecule has 0 spiro atoms. The first-order valence-electron chi connectivity index (χ1n) is 5.52. The topological polar surface area (TPSA) is 17.3 Å². The van der Waals surface area contributed by atoms with Gasteiger partial charge in [-0.1, -0.05) is 15.9 Å². The van der Waals surface area contributed by atoms with Crippen LogP contribution in [0.2, 0.25) is 0 Å². The molecule has 1 aliphatic rings. The fraction of sp³-hybridized carbons (Fsp3) is 0.417. The van der Waals surface area contributed by atoms with E-state index in [2.05, 4.69) is 55.5 Å². The van der Waals surface area contributed by atoms with Crippen LogP contribution in [-0.2, 0) is 6.42 Å². The highest BCUT2D eigenvalue weighted by molar-refractivity contribution is 9.10. The van der Waals surface area contributed by atoms with E-state index in [9.17, 15) is 0 Å². The minimum Gasteiger partial charge on any atom is -0.307 e. The summed E-state index contributed by atoms with van der Waals surface area (Å²) >= 11 is 5.54. The number of aromatic nitrogens is 2. The number of hydrogen-bond acceptors (Lipinski definition) is 2. The molecule has 3 heterocycles. The number of nitrogens with zero attached hydrogens (tertiary/aromatic N) is 2. The molecule has 0 bridgehead atoms. The lowest BCUT2D eigenvalue weighted by molar-refractivity contribution is 0.589. The van der Waals surface area contributed by atoms with Gasteiger partial charge in [0.15, 0.2) is 0 Å². The molecule has 4 heteroatoms. The highest BCUT2D eigenvalue weighted by atomic mass is 79.9. The molecule has 0 aromatic carbocycles. The Bertz CT molecular complexity index is 503. The van der Waals surface area contributed by atoms with Crippen molar-refractivity contribution in [3.05, 3.63) is 34.7 Å². The first-order chi connectivity index (χ1) is 7.81. The standard InChI is InChI=1S/C12H13BrN2S/c13-10-1-3-15-7-11(14-12(15)6-10)5-9-2-4-16-8-9/h1,3,6-7,9H,2,4-5,8H2. The Morgan fingerprint density at radius 2 is 2.50 bits per heavy atom. The number of hydrogen-bond donors (Lipinski definition) is 0. The lowest BCUT2D eigenvalue weighted by Gasteiger charge is -2.03. The second-order valence-electron chi connectivity index (χ2n) is 4.28. The van der Waals surface area contributed by atoms with Crippen LogP contribution in [0.4, 0.5) is 0 Å². The van der Waals surface area contributed by atoms with Crippen molar-refractivity contribution in [2.24, 2.45) is 5.92 Å². The summed E-state index contributed by atoms with van der Waals surface area (Å²) < 4.78 is 3.19. The molecule has 0 saturated carbocycles. The van der Waals surface area contributed by atoms with Crippen molar-refractivity contribution in [3.63, 3.8) is 0 Å². The van der Waals surface area contributed by atoms with Crippen molar-refractivity contribution >= 4 is 33.3 Å². The molecule has 1 atom stereocenters. The summed E-state index contributed by atoms with van der Waals surface area (Å²) in [5.74, 6) is 3.46. The van der Waals surface area contributed by atoms with E-state index < -0.39 is 0 Å². The van der Waals surface area contributed by atoms with Gasteiger partial charge in [0.1, 0.15) is 5.65 Å². The third kappa shape index (κ3) is 2.13. The van der Waals surface area contributed by atoms with Gasteiger partial charge in [-0.15, -0.1) is 0 Å². The Morgan fingerprint density at radius 3 is 3.31 bits per heavy atom. The molecule has 2 aromatic heterocycles. The van der Waals surface area contributed by atoms with E-state index in [1.54, 1.807) is 0 Å². The van der Waals surface area contributed by atoms with E-state index in [-0.39, 0.29) is 0 Å². The van der Waals surface area contributed by atoms with Gasteiger partial charge in [-0.2, -0.15) is 11.8 Å². The van der Waals surface area contributed by atoms with Gasteiger partial charge in [-0.3, -0.25) is 0 Å². The number of pyridine rings is 1. The van der Waals surface area contributed by atoms with Crippen molar-refractivity contribution in [1.29, 1.82) is 0 Å². The quantitative estimate of drug-likeness (QED) is 0.845. The molecule has 3 rings (SSSR count). The van der Waals surface area contributed by atoms with Gasteiger partial charge in [0, 0.05) is 16.9 Å². The predicted octanol–water partition coefficient (Wildman–Crippen LogP) is 3.39. The zero-order chi connectivity index (χ0) is 11.0. The second-order valence-corrected chi connectivity index (χ2v) is 6.34. The Hall–Kier alpha value is -0.480. The molecule has 0 aliphatic carbocycles. The minimum absolute atomic E-state index is 0.832. The van der Waals surface area contributed by atoms with Gasteiger partial charge in [-0.25, -0.2) is 4.98 Å².